The summed E-state index contributed by atoms with van der Waals surface area (Å²) in [5.41, 5.74) is 3.07. The Morgan fingerprint density at radius 1 is 1.10 bits per heavy atom. The molecule has 1 aromatic heterocycles. The molecule has 0 fully saturated rings. The minimum absolute atomic E-state index is 0.00591. The highest BCUT2D eigenvalue weighted by molar-refractivity contribution is 5.33. The monoisotopic (exact) mass is 285 g/mol. The number of aliphatic hydroxyl groups excluding tert-OH is 1. The van der Waals surface area contributed by atoms with Gasteiger partial charge in [-0.25, -0.2) is 4.98 Å². The molecule has 0 spiro atoms. The molecule has 0 saturated carbocycles. The first kappa shape index (κ1) is 15.5. The Labute approximate surface area is 126 Å². The zero-order chi connectivity index (χ0) is 15.2. The van der Waals surface area contributed by atoms with Crippen LogP contribution in [0.15, 0.2) is 36.4 Å². The van der Waals surface area contributed by atoms with Gasteiger partial charge in [-0.3, -0.25) is 0 Å². The Hall–Kier alpha value is -1.87. The molecular formula is C18H23NO2. The second-order valence-electron chi connectivity index (χ2n) is 5.55. The van der Waals surface area contributed by atoms with E-state index in [4.69, 9.17) is 4.74 Å². The highest BCUT2D eigenvalue weighted by atomic mass is 16.5. The van der Waals surface area contributed by atoms with Gasteiger partial charge in [0.05, 0.1) is 6.61 Å². The molecule has 0 aliphatic carbocycles. The Morgan fingerprint density at radius 3 is 2.38 bits per heavy atom. The number of ether oxygens (including phenoxy) is 1. The second-order valence-corrected chi connectivity index (χ2v) is 5.55. The molecule has 21 heavy (non-hydrogen) atoms. The van der Waals surface area contributed by atoms with Crippen LogP contribution >= 0.6 is 0 Å². The van der Waals surface area contributed by atoms with Crippen LogP contribution in [-0.4, -0.2) is 10.1 Å². The highest BCUT2D eigenvalue weighted by Crippen LogP contribution is 2.24. The Kier molecular flexibility index (Phi) is 5.34. The SMILES string of the molecule is CCCc1ccc(Oc2cc(CO)cc(C(C)C)n2)cc1. The van der Waals surface area contributed by atoms with Gasteiger partial charge in [0.2, 0.25) is 5.88 Å². The normalized spacial score (nSPS) is 10.9. The molecule has 0 amide bonds. The largest absolute Gasteiger partial charge is 0.439 e. The van der Waals surface area contributed by atoms with Crippen molar-refractivity contribution in [3.63, 3.8) is 0 Å². The van der Waals surface area contributed by atoms with Gasteiger partial charge < -0.3 is 9.84 Å². The van der Waals surface area contributed by atoms with Crippen LogP contribution < -0.4 is 4.74 Å². The summed E-state index contributed by atoms with van der Waals surface area (Å²) in [4.78, 5) is 4.50. The van der Waals surface area contributed by atoms with Crippen LogP contribution in [0.3, 0.4) is 0 Å². The average molecular weight is 285 g/mol. The lowest BCUT2D eigenvalue weighted by Gasteiger charge is -2.11. The molecule has 0 saturated heterocycles. The summed E-state index contributed by atoms with van der Waals surface area (Å²) in [5.74, 6) is 1.60. The number of hydrogen-bond donors (Lipinski definition) is 1. The molecule has 0 aliphatic rings. The van der Waals surface area contributed by atoms with Crippen molar-refractivity contribution in [2.24, 2.45) is 0 Å². The van der Waals surface area contributed by atoms with Crippen LogP contribution in [0.5, 0.6) is 11.6 Å². The van der Waals surface area contributed by atoms with E-state index < -0.39 is 0 Å². The molecule has 1 aromatic carbocycles. The average Bonchev–Trinajstić information content (AvgIpc) is 2.49. The van der Waals surface area contributed by atoms with E-state index in [1.807, 2.05) is 18.2 Å². The first-order valence-electron chi connectivity index (χ1n) is 7.51. The molecule has 112 valence electrons. The summed E-state index contributed by atoms with van der Waals surface area (Å²) in [6.45, 7) is 6.32. The third-order valence-electron chi connectivity index (χ3n) is 3.34. The third kappa shape index (κ3) is 4.30. The van der Waals surface area contributed by atoms with E-state index in [1.54, 1.807) is 6.07 Å². The van der Waals surface area contributed by atoms with Crippen molar-refractivity contribution < 1.29 is 9.84 Å². The quantitative estimate of drug-likeness (QED) is 0.853. The van der Waals surface area contributed by atoms with Crippen LogP contribution in [-0.2, 0) is 13.0 Å². The van der Waals surface area contributed by atoms with E-state index in [1.165, 1.54) is 5.56 Å². The fourth-order valence-electron chi connectivity index (χ4n) is 2.15. The van der Waals surface area contributed by atoms with Gasteiger partial charge in [0.1, 0.15) is 5.75 Å². The number of aromatic nitrogens is 1. The van der Waals surface area contributed by atoms with Crippen LogP contribution in [0.2, 0.25) is 0 Å². The maximum absolute atomic E-state index is 9.35. The van der Waals surface area contributed by atoms with E-state index in [2.05, 4.69) is 37.9 Å². The smallest absolute Gasteiger partial charge is 0.219 e. The number of pyridine rings is 1. The number of benzene rings is 1. The number of rotatable bonds is 6. The zero-order valence-corrected chi connectivity index (χ0v) is 13.0. The van der Waals surface area contributed by atoms with Crippen LogP contribution in [0.25, 0.3) is 0 Å². The van der Waals surface area contributed by atoms with E-state index in [-0.39, 0.29) is 6.61 Å². The first-order chi connectivity index (χ1) is 10.1. The molecular weight excluding hydrogens is 262 g/mol. The minimum atomic E-state index is -0.00591. The Morgan fingerprint density at radius 2 is 1.81 bits per heavy atom. The van der Waals surface area contributed by atoms with Gasteiger partial charge in [-0.1, -0.05) is 39.3 Å². The maximum Gasteiger partial charge on any atom is 0.219 e. The summed E-state index contributed by atoms with van der Waals surface area (Å²) in [7, 11) is 0. The molecule has 2 rings (SSSR count). The van der Waals surface area contributed by atoms with Crippen LogP contribution in [0, 0.1) is 0 Å². The van der Waals surface area contributed by atoms with Crippen molar-refractivity contribution in [2.45, 2.75) is 46.1 Å². The van der Waals surface area contributed by atoms with Crippen LogP contribution in [0.1, 0.15) is 49.9 Å². The predicted molar refractivity (Wildman–Crippen MR) is 84.8 cm³/mol. The molecule has 3 heteroatoms. The van der Waals surface area contributed by atoms with Crippen molar-refractivity contribution in [3.8, 4) is 11.6 Å². The molecule has 1 N–H and O–H groups in total. The fourth-order valence-corrected chi connectivity index (χ4v) is 2.15. The molecule has 3 nitrogen and oxygen atoms in total. The topological polar surface area (TPSA) is 42.4 Å². The predicted octanol–water partition coefficient (Wildman–Crippen LogP) is 4.44. The molecule has 1 heterocycles. The first-order valence-corrected chi connectivity index (χ1v) is 7.51. The molecule has 0 unspecified atom stereocenters. The molecule has 0 atom stereocenters. The number of hydrogen-bond acceptors (Lipinski definition) is 3. The van der Waals surface area contributed by atoms with Gasteiger partial charge in [-0.05, 0) is 41.7 Å². The van der Waals surface area contributed by atoms with Gasteiger partial charge in [0.15, 0.2) is 0 Å². The third-order valence-corrected chi connectivity index (χ3v) is 3.34. The summed E-state index contributed by atoms with van der Waals surface area (Å²) < 4.78 is 5.82. The van der Waals surface area contributed by atoms with Gasteiger partial charge in [0, 0.05) is 11.8 Å². The lowest BCUT2D eigenvalue weighted by molar-refractivity contribution is 0.280. The maximum atomic E-state index is 9.35. The lowest BCUT2D eigenvalue weighted by atomic mass is 10.1. The van der Waals surface area contributed by atoms with E-state index in [0.717, 1.165) is 29.8 Å². The molecule has 0 bridgehead atoms. The lowest BCUT2D eigenvalue weighted by Crippen LogP contribution is -1.98. The minimum Gasteiger partial charge on any atom is -0.439 e. The number of aliphatic hydroxyl groups is 1. The summed E-state index contributed by atoms with van der Waals surface area (Å²) in [5, 5.41) is 9.35. The van der Waals surface area contributed by atoms with Crippen molar-refractivity contribution >= 4 is 0 Å². The molecule has 2 aromatic rings. The van der Waals surface area contributed by atoms with Gasteiger partial charge >= 0.3 is 0 Å². The molecule has 0 aliphatic heterocycles. The summed E-state index contributed by atoms with van der Waals surface area (Å²) in [6.07, 6.45) is 2.22. The van der Waals surface area contributed by atoms with Crippen molar-refractivity contribution in [1.29, 1.82) is 0 Å². The fraction of sp³-hybridized carbons (Fsp3) is 0.389. The summed E-state index contributed by atoms with van der Waals surface area (Å²) >= 11 is 0. The van der Waals surface area contributed by atoms with Crippen LogP contribution in [0.4, 0.5) is 0 Å². The van der Waals surface area contributed by atoms with Gasteiger partial charge in [-0.2, -0.15) is 0 Å². The van der Waals surface area contributed by atoms with E-state index in [0.29, 0.717) is 11.8 Å². The van der Waals surface area contributed by atoms with E-state index >= 15 is 0 Å². The Bertz CT molecular complexity index is 576. The zero-order valence-electron chi connectivity index (χ0n) is 13.0. The number of aryl methyl sites for hydroxylation is 1. The molecule has 0 radical (unpaired) electrons. The van der Waals surface area contributed by atoms with Crippen molar-refractivity contribution in [2.75, 3.05) is 0 Å². The van der Waals surface area contributed by atoms with Crippen molar-refractivity contribution in [1.82, 2.24) is 4.98 Å². The van der Waals surface area contributed by atoms with Gasteiger partial charge in [-0.15, -0.1) is 0 Å². The highest BCUT2D eigenvalue weighted by Gasteiger charge is 2.08. The number of nitrogens with zero attached hydrogens (tertiary/aromatic N) is 1. The van der Waals surface area contributed by atoms with E-state index in [9.17, 15) is 5.11 Å². The Balaban J connectivity index is 2.19. The summed E-state index contributed by atoms with van der Waals surface area (Å²) in [6, 6.07) is 11.8. The van der Waals surface area contributed by atoms with Crippen molar-refractivity contribution in [3.05, 3.63) is 53.2 Å². The van der Waals surface area contributed by atoms with Gasteiger partial charge in [0.25, 0.3) is 0 Å². The standard InChI is InChI=1S/C18H23NO2/c1-4-5-14-6-8-16(9-7-14)21-18-11-15(12-20)10-17(19-18)13(2)3/h6-11,13,20H,4-5,12H2,1-3H3. The second kappa shape index (κ2) is 7.23.